The van der Waals surface area contributed by atoms with Crippen LogP contribution in [0.1, 0.15) is 24.0 Å². The average molecular weight is 419 g/mol. The quantitative estimate of drug-likeness (QED) is 0.649. The first-order valence-electron chi connectivity index (χ1n) is 10.3. The van der Waals surface area contributed by atoms with Crippen LogP contribution in [0, 0.1) is 5.41 Å². The van der Waals surface area contributed by atoms with Crippen LogP contribution < -0.4 is 5.73 Å². The van der Waals surface area contributed by atoms with Crippen molar-refractivity contribution in [3.63, 3.8) is 0 Å². The number of hydrogen-bond acceptors (Lipinski definition) is 3. The summed E-state index contributed by atoms with van der Waals surface area (Å²) in [4.78, 5) is 28.3. The van der Waals surface area contributed by atoms with Crippen molar-refractivity contribution in [1.82, 2.24) is 4.90 Å². The van der Waals surface area contributed by atoms with Crippen LogP contribution in [-0.4, -0.2) is 29.8 Å². The number of hydrogen-bond donors (Lipinski definition) is 1. The van der Waals surface area contributed by atoms with Crippen LogP contribution in [0.4, 0.5) is 0 Å². The van der Waals surface area contributed by atoms with Gasteiger partial charge in [0.1, 0.15) is 0 Å². The first kappa shape index (κ1) is 20.4. The molecule has 30 heavy (non-hydrogen) atoms. The van der Waals surface area contributed by atoms with Gasteiger partial charge in [-0.3, -0.25) is 9.59 Å². The first-order chi connectivity index (χ1) is 14.6. The third-order valence-electron chi connectivity index (χ3n) is 6.07. The Bertz CT molecular complexity index is 1010. The van der Waals surface area contributed by atoms with Crippen molar-refractivity contribution in [2.24, 2.45) is 11.1 Å². The molecule has 1 saturated heterocycles. The second-order valence-corrected chi connectivity index (χ2v) is 8.99. The fraction of sp³-hybridized carbons (Fsp3) is 0.280. The van der Waals surface area contributed by atoms with Gasteiger partial charge in [0.2, 0.25) is 11.8 Å². The zero-order chi connectivity index (χ0) is 21.0. The topological polar surface area (TPSA) is 63.4 Å². The van der Waals surface area contributed by atoms with E-state index in [1.165, 1.54) is 4.88 Å². The highest BCUT2D eigenvalue weighted by molar-refractivity contribution is 7.13. The molecule has 1 aliphatic rings. The number of likely N-dealkylation sites (tertiary alicyclic amines) is 1. The van der Waals surface area contributed by atoms with E-state index in [1.807, 2.05) is 47.4 Å². The number of amides is 2. The minimum absolute atomic E-state index is 0.110. The summed E-state index contributed by atoms with van der Waals surface area (Å²) in [5.74, 6) is -0.154. The van der Waals surface area contributed by atoms with Gasteiger partial charge >= 0.3 is 0 Å². The van der Waals surface area contributed by atoms with E-state index >= 15 is 0 Å². The maximum Gasteiger partial charge on any atom is 0.226 e. The van der Waals surface area contributed by atoms with Crippen LogP contribution in [0.15, 0.2) is 72.1 Å². The molecule has 1 aromatic heterocycles. The van der Waals surface area contributed by atoms with E-state index in [1.54, 1.807) is 11.3 Å². The van der Waals surface area contributed by atoms with E-state index in [-0.39, 0.29) is 11.8 Å². The van der Waals surface area contributed by atoms with Gasteiger partial charge in [0.05, 0.1) is 11.8 Å². The molecule has 0 spiro atoms. The number of piperidine rings is 1. The van der Waals surface area contributed by atoms with Crippen LogP contribution in [0.3, 0.4) is 0 Å². The molecule has 0 aliphatic carbocycles. The number of thiophene rings is 1. The summed E-state index contributed by atoms with van der Waals surface area (Å²) in [5, 5.41) is 2.06. The molecule has 1 aliphatic heterocycles. The number of nitrogens with zero attached hydrogens (tertiary/aromatic N) is 1. The van der Waals surface area contributed by atoms with Crippen molar-refractivity contribution in [1.29, 1.82) is 0 Å². The van der Waals surface area contributed by atoms with Gasteiger partial charge in [-0.1, -0.05) is 60.7 Å². The van der Waals surface area contributed by atoms with E-state index in [9.17, 15) is 9.59 Å². The number of carbonyl (C=O) groups is 2. The van der Waals surface area contributed by atoms with Crippen LogP contribution >= 0.6 is 11.3 Å². The summed E-state index contributed by atoms with van der Waals surface area (Å²) in [6.45, 7) is 1.14. The van der Waals surface area contributed by atoms with Crippen LogP contribution in [0.25, 0.3) is 10.4 Å². The van der Waals surface area contributed by atoms with E-state index in [0.717, 1.165) is 16.7 Å². The zero-order valence-corrected chi connectivity index (χ0v) is 17.7. The molecule has 1 fully saturated rings. The van der Waals surface area contributed by atoms with Gasteiger partial charge in [0.25, 0.3) is 0 Å². The molecule has 4 nitrogen and oxygen atoms in total. The molecule has 5 heteroatoms. The summed E-state index contributed by atoms with van der Waals surface area (Å²) in [6.07, 6.45) is 2.22. The van der Waals surface area contributed by atoms with Crippen molar-refractivity contribution < 1.29 is 9.59 Å². The van der Waals surface area contributed by atoms with Gasteiger partial charge in [-0.05, 0) is 47.4 Å². The van der Waals surface area contributed by atoms with Gasteiger partial charge < -0.3 is 10.6 Å². The highest BCUT2D eigenvalue weighted by Gasteiger charge is 2.40. The largest absolute Gasteiger partial charge is 0.369 e. The normalized spacial score (nSPS) is 15.7. The van der Waals surface area contributed by atoms with Crippen molar-refractivity contribution in [2.75, 3.05) is 13.1 Å². The summed E-state index contributed by atoms with van der Waals surface area (Å²) in [6, 6.07) is 22.3. The number of benzene rings is 2. The summed E-state index contributed by atoms with van der Waals surface area (Å²) >= 11 is 1.70. The van der Waals surface area contributed by atoms with Crippen LogP contribution in [0.2, 0.25) is 0 Å². The standard InChI is InChI=1S/C25H26N2O2S/c26-24(29)25(18-20-8-4-9-21(16-20)22-10-5-15-30-22)11-13-27(14-12-25)23(28)17-19-6-2-1-3-7-19/h1-10,15-16H,11-14,17-18H2,(H2,26,29). The van der Waals surface area contributed by atoms with Gasteiger partial charge in [0.15, 0.2) is 0 Å². The molecule has 0 bridgehead atoms. The highest BCUT2D eigenvalue weighted by Crippen LogP contribution is 2.36. The second kappa shape index (κ2) is 8.84. The lowest BCUT2D eigenvalue weighted by Crippen LogP contribution is -2.50. The predicted octanol–water partition coefficient (Wildman–Crippen LogP) is 4.29. The van der Waals surface area contributed by atoms with E-state index < -0.39 is 5.41 Å². The number of primary amides is 1. The van der Waals surface area contributed by atoms with Crippen molar-refractivity contribution >= 4 is 23.2 Å². The lowest BCUT2D eigenvalue weighted by atomic mass is 9.73. The van der Waals surface area contributed by atoms with Crippen LogP contribution in [0.5, 0.6) is 0 Å². The molecule has 2 N–H and O–H groups in total. The van der Waals surface area contributed by atoms with Gasteiger partial charge in [-0.2, -0.15) is 0 Å². The molecule has 4 rings (SSSR count). The Balaban J connectivity index is 1.44. The molecule has 2 amide bonds. The Labute approximate surface area is 181 Å². The summed E-state index contributed by atoms with van der Waals surface area (Å²) in [7, 11) is 0. The molecule has 0 atom stereocenters. The molecule has 2 aromatic carbocycles. The molecule has 2 heterocycles. The summed E-state index contributed by atoms with van der Waals surface area (Å²) in [5.41, 5.74) is 8.58. The fourth-order valence-corrected chi connectivity index (χ4v) is 4.97. The van der Waals surface area contributed by atoms with Crippen molar-refractivity contribution in [3.8, 4) is 10.4 Å². The highest BCUT2D eigenvalue weighted by atomic mass is 32.1. The number of nitrogens with two attached hydrogens (primary N) is 1. The fourth-order valence-electron chi connectivity index (χ4n) is 4.24. The van der Waals surface area contributed by atoms with Gasteiger partial charge in [-0.25, -0.2) is 0 Å². The SMILES string of the molecule is NC(=O)C1(Cc2cccc(-c3cccs3)c2)CCN(C(=O)Cc2ccccc2)CC1. The minimum Gasteiger partial charge on any atom is -0.369 e. The molecular formula is C25H26N2O2S. The summed E-state index contributed by atoms with van der Waals surface area (Å²) < 4.78 is 0. The van der Waals surface area contributed by atoms with Crippen molar-refractivity contribution in [2.45, 2.75) is 25.7 Å². The third-order valence-corrected chi connectivity index (χ3v) is 6.99. The van der Waals surface area contributed by atoms with E-state index in [0.29, 0.717) is 38.8 Å². The predicted molar refractivity (Wildman–Crippen MR) is 121 cm³/mol. The lowest BCUT2D eigenvalue weighted by Gasteiger charge is -2.40. The maximum atomic E-state index is 12.7. The molecular weight excluding hydrogens is 392 g/mol. The Morgan fingerprint density at radius 1 is 0.933 bits per heavy atom. The molecule has 0 unspecified atom stereocenters. The van der Waals surface area contributed by atoms with E-state index in [2.05, 4.69) is 29.6 Å². The Kier molecular flexibility index (Phi) is 6.00. The van der Waals surface area contributed by atoms with Gasteiger partial charge in [-0.15, -0.1) is 11.3 Å². The smallest absolute Gasteiger partial charge is 0.226 e. The van der Waals surface area contributed by atoms with Gasteiger partial charge in [0, 0.05) is 18.0 Å². The van der Waals surface area contributed by atoms with E-state index in [4.69, 9.17) is 5.73 Å². The zero-order valence-electron chi connectivity index (χ0n) is 16.9. The molecule has 0 radical (unpaired) electrons. The number of carbonyl (C=O) groups excluding carboxylic acids is 2. The monoisotopic (exact) mass is 418 g/mol. The molecule has 0 saturated carbocycles. The lowest BCUT2D eigenvalue weighted by molar-refractivity contribution is -0.138. The Morgan fingerprint density at radius 3 is 2.33 bits per heavy atom. The third kappa shape index (κ3) is 4.46. The number of rotatable bonds is 6. The second-order valence-electron chi connectivity index (χ2n) is 8.04. The Morgan fingerprint density at radius 2 is 1.67 bits per heavy atom. The average Bonchev–Trinajstić information content (AvgIpc) is 3.30. The Hall–Kier alpha value is -2.92. The van der Waals surface area contributed by atoms with Crippen LogP contribution in [-0.2, 0) is 22.4 Å². The van der Waals surface area contributed by atoms with Crippen molar-refractivity contribution in [3.05, 3.63) is 83.2 Å². The minimum atomic E-state index is -0.600. The first-order valence-corrected chi connectivity index (χ1v) is 11.2. The molecule has 3 aromatic rings. The maximum absolute atomic E-state index is 12.7. The molecule has 154 valence electrons.